The van der Waals surface area contributed by atoms with Gasteiger partial charge in [-0.25, -0.2) is 0 Å². The van der Waals surface area contributed by atoms with Gasteiger partial charge in [-0.1, -0.05) is 0 Å². The third-order valence-electron chi connectivity index (χ3n) is 4.91. The number of rotatable bonds is 6. The van der Waals surface area contributed by atoms with E-state index in [0.717, 1.165) is 38.8 Å². The molecule has 1 aliphatic carbocycles. The summed E-state index contributed by atoms with van der Waals surface area (Å²) in [5, 5.41) is 3.07. The number of piperidine rings is 1. The molecule has 1 saturated heterocycles. The van der Waals surface area contributed by atoms with Crippen LogP contribution in [0.5, 0.6) is 0 Å². The molecule has 2 aliphatic rings. The fourth-order valence-electron chi connectivity index (χ4n) is 3.44. The highest BCUT2D eigenvalue weighted by molar-refractivity contribution is 5.78. The number of likely N-dealkylation sites (tertiary alicyclic amines) is 1. The smallest absolute Gasteiger partial charge is 0.246 e. The molecule has 6 nitrogen and oxygen atoms in total. The summed E-state index contributed by atoms with van der Waals surface area (Å²) in [5.74, 6) is 0.131. The van der Waals surface area contributed by atoms with Crippen LogP contribution in [-0.4, -0.2) is 63.3 Å². The molecule has 1 heterocycles. The Morgan fingerprint density at radius 2 is 1.90 bits per heavy atom. The van der Waals surface area contributed by atoms with Crippen LogP contribution in [0.4, 0.5) is 0 Å². The standard InChI is InChI=1S/C15H26N2O4/c1-20-10-4-14(19)17-8-6-15(7-9-17)5-3-12(15)16-13(18)11-21-2/h12H,3-11H2,1-2H3,(H,16,18). The van der Waals surface area contributed by atoms with Crippen molar-refractivity contribution in [3.63, 3.8) is 0 Å². The zero-order chi connectivity index (χ0) is 15.3. The Balaban J connectivity index is 1.79. The lowest BCUT2D eigenvalue weighted by atomic mass is 9.59. The number of carbonyl (C=O) groups is 2. The van der Waals surface area contributed by atoms with Crippen LogP contribution in [0.1, 0.15) is 32.1 Å². The molecule has 0 aromatic rings. The average molecular weight is 298 g/mol. The van der Waals surface area contributed by atoms with Gasteiger partial charge in [-0.3, -0.25) is 9.59 Å². The largest absolute Gasteiger partial charge is 0.384 e. The van der Waals surface area contributed by atoms with Crippen LogP contribution in [0.3, 0.4) is 0 Å². The lowest BCUT2D eigenvalue weighted by molar-refractivity contribution is -0.138. The molecule has 2 amide bonds. The molecule has 1 N–H and O–H groups in total. The van der Waals surface area contributed by atoms with Gasteiger partial charge in [-0.2, -0.15) is 0 Å². The minimum absolute atomic E-state index is 0.0415. The highest BCUT2D eigenvalue weighted by Crippen LogP contribution is 2.49. The number of hydrogen-bond acceptors (Lipinski definition) is 4. The number of methoxy groups -OCH3 is 2. The summed E-state index contributed by atoms with van der Waals surface area (Å²) in [7, 11) is 3.14. The van der Waals surface area contributed by atoms with Crippen LogP contribution < -0.4 is 5.32 Å². The molecule has 2 fully saturated rings. The molecule has 120 valence electrons. The van der Waals surface area contributed by atoms with E-state index in [9.17, 15) is 9.59 Å². The Morgan fingerprint density at radius 3 is 2.43 bits per heavy atom. The predicted molar refractivity (Wildman–Crippen MR) is 77.8 cm³/mol. The van der Waals surface area contributed by atoms with Crippen molar-refractivity contribution in [2.45, 2.75) is 38.1 Å². The second kappa shape index (κ2) is 7.22. The number of amides is 2. The lowest BCUT2D eigenvalue weighted by Gasteiger charge is -2.54. The molecule has 0 bridgehead atoms. The summed E-state index contributed by atoms with van der Waals surface area (Å²) in [6.07, 6.45) is 4.59. The fourth-order valence-corrected chi connectivity index (χ4v) is 3.44. The van der Waals surface area contributed by atoms with Gasteiger partial charge in [0, 0.05) is 33.4 Å². The molecule has 1 spiro atoms. The van der Waals surface area contributed by atoms with E-state index in [4.69, 9.17) is 9.47 Å². The maximum atomic E-state index is 12.0. The first-order valence-electron chi connectivity index (χ1n) is 7.66. The number of ether oxygens (including phenoxy) is 2. The Hall–Kier alpha value is -1.14. The first-order chi connectivity index (χ1) is 10.1. The third-order valence-corrected chi connectivity index (χ3v) is 4.91. The van der Waals surface area contributed by atoms with Crippen LogP contribution >= 0.6 is 0 Å². The van der Waals surface area contributed by atoms with Crippen molar-refractivity contribution in [3.05, 3.63) is 0 Å². The van der Waals surface area contributed by atoms with Gasteiger partial charge in [0.15, 0.2) is 0 Å². The molecular formula is C15H26N2O4. The van der Waals surface area contributed by atoms with Crippen molar-refractivity contribution in [1.82, 2.24) is 10.2 Å². The fraction of sp³-hybridized carbons (Fsp3) is 0.867. The maximum absolute atomic E-state index is 12.0. The summed E-state index contributed by atoms with van der Waals surface area (Å²) in [5.41, 5.74) is 0.196. The first kappa shape index (κ1) is 16.2. The molecule has 2 rings (SSSR count). The monoisotopic (exact) mass is 298 g/mol. The lowest BCUT2D eigenvalue weighted by Crippen LogP contribution is -2.60. The molecule has 1 unspecified atom stereocenters. The highest BCUT2D eigenvalue weighted by atomic mass is 16.5. The average Bonchev–Trinajstić information content (AvgIpc) is 2.49. The number of carbonyl (C=O) groups excluding carboxylic acids is 2. The van der Waals surface area contributed by atoms with Crippen molar-refractivity contribution in [3.8, 4) is 0 Å². The van der Waals surface area contributed by atoms with Crippen molar-refractivity contribution in [2.75, 3.05) is 40.5 Å². The maximum Gasteiger partial charge on any atom is 0.246 e. The van der Waals surface area contributed by atoms with E-state index in [1.165, 1.54) is 7.11 Å². The van der Waals surface area contributed by atoms with Gasteiger partial charge in [0.05, 0.1) is 13.0 Å². The normalized spacial score (nSPS) is 23.7. The van der Waals surface area contributed by atoms with Gasteiger partial charge in [0.1, 0.15) is 6.61 Å². The van der Waals surface area contributed by atoms with Gasteiger partial charge in [0.25, 0.3) is 0 Å². The summed E-state index contributed by atoms with van der Waals surface area (Å²) in [6.45, 7) is 2.18. The van der Waals surface area contributed by atoms with Gasteiger partial charge in [-0.15, -0.1) is 0 Å². The molecule has 0 aromatic carbocycles. The topological polar surface area (TPSA) is 67.9 Å². The summed E-state index contributed by atoms with van der Waals surface area (Å²) < 4.78 is 9.81. The molecule has 1 aliphatic heterocycles. The number of nitrogens with zero attached hydrogens (tertiary/aromatic N) is 1. The van der Waals surface area contributed by atoms with Gasteiger partial charge >= 0.3 is 0 Å². The minimum Gasteiger partial charge on any atom is -0.384 e. The van der Waals surface area contributed by atoms with Crippen LogP contribution in [0.2, 0.25) is 0 Å². The van der Waals surface area contributed by atoms with E-state index in [0.29, 0.717) is 13.0 Å². The summed E-state index contributed by atoms with van der Waals surface area (Å²) >= 11 is 0. The zero-order valence-corrected chi connectivity index (χ0v) is 13.0. The zero-order valence-electron chi connectivity index (χ0n) is 13.0. The Morgan fingerprint density at radius 1 is 1.19 bits per heavy atom. The second-order valence-corrected chi connectivity index (χ2v) is 6.08. The van der Waals surface area contributed by atoms with Gasteiger partial charge < -0.3 is 19.7 Å². The van der Waals surface area contributed by atoms with E-state index in [1.807, 2.05) is 4.90 Å². The third kappa shape index (κ3) is 3.74. The highest BCUT2D eigenvalue weighted by Gasteiger charge is 2.49. The Kier molecular flexibility index (Phi) is 5.58. The molecule has 21 heavy (non-hydrogen) atoms. The molecule has 1 atom stereocenters. The summed E-state index contributed by atoms with van der Waals surface area (Å²) in [4.78, 5) is 25.6. The quantitative estimate of drug-likeness (QED) is 0.778. The number of nitrogens with one attached hydrogen (secondary N) is 1. The number of hydrogen-bond donors (Lipinski definition) is 1. The van der Waals surface area contributed by atoms with E-state index in [-0.39, 0.29) is 29.9 Å². The Labute approximate surface area is 126 Å². The molecule has 0 aromatic heterocycles. The van der Waals surface area contributed by atoms with E-state index in [2.05, 4.69) is 5.32 Å². The molecular weight excluding hydrogens is 272 g/mol. The van der Waals surface area contributed by atoms with Crippen LogP contribution in [0.15, 0.2) is 0 Å². The Bertz CT molecular complexity index is 378. The van der Waals surface area contributed by atoms with Crippen molar-refractivity contribution in [2.24, 2.45) is 5.41 Å². The van der Waals surface area contributed by atoms with Crippen molar-refractivity contribution >= 4 is 11.8 Å². The van der Waals surface area contributed by atoms with Gasteiger partial charge in [-0.05, 0) is 31.1 Å². The van der Waals surface area contributed by atoms with E-state index < -0.39 is 0 Å². The first-order valence-corrected chi connectivity index (χ1v) is 7.66. The summed E-state index contributed by atoms with van der Waals surface area (Å²) in [6, 6.07) is 0.247. The molecule has 6 heteroatoms. The van der Waals surface area contributed by atoms with Crippen LogP contribution in [0, 0.1) is 5.41 Å². The SMILES string of the molecule is COCCC(=O)N1CCC2(CCC2NC(=O)COC)CC1. The predicted octanol–water partition coefficient (Wildman–Crippen LogP) is 0.557. The molecule has 0 radical (unpaired) electrons. The molecule has 1 saturated carbocycles. The van der Waals surface area contributed by atoms with Crippen molar-refractivity contribution < 1.29 is 19.1 Å². The second-order valence-electron chi connectivity index (χ2n) is 6.08. The van der Waals surface area contributed by atoms with E-state index >= 15 is 0 Å². The minimum atomic E-state index is -0.0415. The van der Waals surface area contributed by atoms with Crippen LogP contribution in [0.25, 0.3) is 0 Å². The van der Waals surface area contributed by atoms with E-state index in [1.54, 1.807) is 7.11 Å². The van der Waals surface area contributed by atoms with Crippen LogP contribution in [-0.2, 0) is 19.1 Å². The van der Waals surface area contributed by atoms with Gasteiger partial charge in [0.2, 0.25) is 11.8 Å². The van der Waals surface area contributed by atoms with Crippen molar-refractivity contribution in [1.29, 1.82) is 0 Å².